The van der Waals surface area contributed by atoms with Gasteiger partial charge in [-0.2, -0.15) is 0 Å². The van der Waals surface area contributed by atoms with Gasteiger partial charge in [-0.15, -0.1) is 0 Å². The van der Waals surface area contributed by atoms with Gasteiger partial charge >= 0.3 is 0 Å². The van der Waals surface area contributed by atoms with Gasteiger partial charge < -0.3 is 4.74 Å². The fraction of sp³-hybridized carbons (Fsp3) is 0.739. The Labute approximate surface area is 296 Å². The molecule has 0 heterocycles. The lowest BCUT2D eigenvalue weighted by Crippen LogP contribution is -2.33. The van der Waals surface area contributed by atoms with Crippen molar-refractivity contribution in [2.75, 3.05) is 6.61 Å². The fourth-order valence-electron chi connectivity index (χ4n) is 5.13. The Morgan fingerprint density at radius 1 is 0.426 bits per heavy atom. The molecule has 0 unspecified atom stereocenters. The van der Waals surface area contributed by atoms with Crippen LogP contribution in [0, 0.1) is 21.7 Å². The zero-order valence-corrected chi connectivity index (χ0v) is 35.5. The van der Waals surface area contributed by atoms with Crippen LogP contribution in [0.15, 0.2) is 48.5 Å². The molecule has 0 aliphatic heterocycles. The summed E-state index contributed by atoms with van der Waals surface area (Å²) in [5, 5.41) is 0. The molecule has 0 atom stereocenters. The Balaban J connectivity index is 0.000000682. The Kier molecular flexibility index (Phi) is 17.3. The van der Waals surface area contributed by atoms with Crippen molar-refractivity contribution in [3.05, 3.63) is 70.8 Å². The van der Waals surface area contributed by atoms with Crippen molar-refractivity contribution in [1.82, 2.24) is 0 Å². The van der Waals surface area contributed by atoms with Crippen molar-refractivity contribution < 1.29 is 4.74 Å². The Hall–Kier alpha value is -1.60. The van der Waals surface area contributed by atoms with E-state index in [1.807, 2.05) is 0 Å². The highest BCUT2D eigenvalue weighted by atomic mass is 16.5. The first-order chi connectivity index (χ1) is 20.8. The van der Waals surface area contributed by atoms with Crippen molar-refractivity contribution in [3.8, 4) is 0 Å². The van der Waals surface area contributed by atoms with Crippen molar-refractivity contribution in [1.29, 1.82) is 0 Å². The molecule has 2 aromatic rings. The number of benzene rings is 2. The molecule has 0 aromatic heterocycles. The SMILES string of the molecule is CC(C)(C)CCCCCOC(C)(C)C.CC(C)(C)Cc1ccc(C(C)(C)C(C)(C)C)cc1.CC(C)(C)Cc1ccc(C(C)(C)C)cc1. The summed E-state index contributed by atoms with van der Waals surface area (Å²) in [6.07, 6.45) is 7.45. The number of rotatable bonds is 8. The second kappa shape index (κ2) is 17.9. The second-order valence-electron chi connectivity index (χ2n) is 21.3. The smallest absolute Gasteiger partial charge is 0.0598 e. The molecule has 0 saturated heterocycles. The standard InChI is InChI=1S/C18H30.C15H24.C13H28O/c1-16(2,3)13-14-9-11-15(12-10-14)18(7,8)17(4,5)6;1-14(2,3)11-12-7-9-13(10-8-12)15(4,5)6;1-12(2,3)10-8-7-9-11-14-13(4,5)6/h9-12H,13H2,1-8H3;7-10H,11H2,1-6H3;7-11H2,1-6H3. The van der Waals surface area contributed by atoms with E-state index in [1.54, 1.807) is 0 Å². The van der Waals surface area contributed by atoms with Gasteiger partial charge in [-0.3, -0.25) is 0 Å². The molecule has 0 N–H and O–H groups in total. The third-order valence-electron chi connectivity index (χ3n) is 8.95. The van der Waals surface area contributed by atoms with Crippen LogP contribution >= 0.6 is 0 Å². The average molecular weight is 651 g/mol. The van der Waals surface area contributed by atoms with Gasteiger partial charge in [-0.1, -0.05) is 179 Å². The maximum atomic E-state index is 5.66. The van der Waals surface area contributed by atoms with Gasteiger partial charge in [0.15, 0.2) is 0 Å². The highest BCUT2D eigenvalue weighted by molar-refractivity contribution is 5.30. The van der Waals surface area contributed by atoms with Crippen LogP contribution in [-0.4, -0.2) is 12.2 Å². The number of ether oxygens (including phenoxy) is 1. The molecule has 0 aliphatic carbocycles. The Bertz CT molecular complexity index is 1090. The number of hydrogen-bond donors (Lipinski definition) is 0. The van der Waals surface area contributed by atoms with Crippen LogP contribution in [0.2, 0.25) is 0 Å². The molecule has 0 saturated carbocycles. The topological polar surface area (TPSA) is 9.23 Å². The van der Waals surface area contributed by atoms with E-state index in [0.29, 0.717) is 16.2 Å². The minimum absolute atomic E-state index is 0.0318. The molecule has 1 heteroatoms. The summed E-state index contributed by atoms with van der Waals surface area (Å²) in [4.78, 5) is 0. The molecule has 0 fully saturated rings. The lowest BCUT2D eigenvalue weighted by Gasteiger charge is -2.39. The highest BCUT2D eigenvalue weighted by Crippen LogP contribution is 2.41. The van der Waals surface area contributed by atoms with E-state index in [1.165, 1.54) is 47.9 Å². The summed E-state index contributed by atoms with van der Waals surface area (Å²) in [7, 11) is 0. The minimum atomic E-state index is 0.0318. The molecular weight excluding hydrogens is 569 g/mol. The van der Waals surface area contributed by atoms with Gasteiger partial charge in [0.1, 0.15) is 0 Å². The molecular formula is C46H82O. The Morgan fingerprint density at radius 2 is 0.809 bits per heavy atom. The molecule has 0 amide bonds. The molecule has 0 bridgehead atoms. The first-order valence-electron chi connectivity index (χ1n) is 18.7. The molecule has 0 spiro atoms. The van der Waals surface area contributed by atoms with Gasteiger partial charge in [-0.25, -0.2) is 0 Å². The summed E-state index contributed by atoms with van der Waals surface area (Å²) >= 11 is 0. The zero-order valence-electron chi connectivity index (χ0n) is 35.5. The maximum Gasteiger partial charge on any atom is 0.0598 e. The van der Waals surface area contributed by atoms with Crippen LogP contribution in [0.1, 0.15) is 186 Å². The largest absolute Gasteiger partial charge is 0.376 e. The highest BCUT2D eigenvalue weighted by Gasteiger charge is 2.34. The van der Waals surface area contributed by atoms with Crippen molar-refractivity contribution in [3.63, 3.8) is 0 Å². The summed E-state index contributed by atoms with van der Waals surface area (Å²) in [6, 6.07) is 18.3. The lowest BCUT2D eigenvalue weighted by atomic mass is 9.65. The van der Waals surface area contributed by atoms with E-state index in [2.05, 4.69) is 187 Å². The second-order valence-corrected chi connectivity index (χ2v) is 21.3. The summed E-state index contributed by atoms with van der Waals surface area (Å²) in [6.45, 7) is 46.3. The van der Waals surface area contributed by atoms with E-state index in [0.717, 1.165) is 19.4 Å². The molecule has 47 heavy (non-hydrogen) atoms. The zero-order chi connectivity index (χ0) is 37.1. The van der Waals surface area contributed by atoms with E-state index in [4.69, 9.17) is 4.74 Å². The summed E-state index contributed by atoms with van der Waals surface area (Å²) < 4.78 is 5.66. The van der Waals surface area contributed by atoms with E-state index in [-0.39, 0.29) is 21.8 Å². The predicted molar refractivity (Wildman–Crippen MR) is 214 cm³/mol. The minimum Gasteiger partial charge on any atom is -0.376 e. The first-order valence-corrected chi connectivity index (χ1v) is 18.7. The van der Waals surface area contributed by atoms with Gasteiger partial charge in [0.05, 0.1) is 5.60 Å². The molecule has 272 valence electrons. The van der Waals surface area contributed by atoms with Gasteiger partial charge in [0.2, 0.25) is 0 Å². The van der Waals surface area contributed by atoms with E-state index in [9.17, 15) is 0 Å². The van der Waals surface area contributed by atoms with Crippen LogP contribution in [-0.2, 0) is 28.4 Å². The molecule has 0 aliphatic rings. The first kappa shape index (κ1) is 45.4. The van der Waals surface area contributed by atoms with Crippen LogP contribution in [0.5, 0.6) is 0 Å². The molecule has 0 radical (unpaired) electrons. The van der Waals surface area contributed by atoms with Crippen LogP contribution in [0.4, 0.5) is 0 Å². The van der Waals surface area contributed by atoms with Crippen LogP contribution in [0.25, 0.3) is 0 Å². The monoisotopic (exact) mass is 651 g/mol. The van der Waals surface area contributed by atoms with Gasteiger partial charge in [-0.05, 0) is 101 Å². The van der Waals surface area contributed by atoms with Crippen molar-refractivity contribution in [2.45, 2.75) is 193 Å². The fourth-order valence-corrected chi connectivity index (χ4v) is 5.13. The normalized spacial score (nSPS) is 13.4. The van der Waals surface area contributed by atoms with E-state index >= 15 is 0 Å². The quantitative estimate of drug-likeness (QED) is 0.258. The molecule has 2 aromatic carbocycles. The van der Waals surface area contributed by atoms with E-state index < -0.39 is 0 Å². The van der Waals surface area contributed by atoms with Gasteiger partial charge in [0.25, 0.3) is 0 Å². The maximum absolute atomic E-state index is 5.66. The number of hydrogen-bond acceptors (Lipinski definition) is 1. The summed E-state index contributed by atoms with van der Waals surface area (Å²) in [5.74, 6) is 0. The molecule has 1 nitrogen and oxygen atoms in total. The van der Waals surface area contributed by atoms with Crippen molar-refractivity contribution in [2.24, 2.45) is 21.7 Å². The van der Waals surface area contributed by atoms with Crippen molar-refractivity contribution >= 4 is 0 Å². The lowest BCUT2D eigenvalue weighted by molar-refractivity contribution is -0.00491. The number of unbranched alkanes of at least 4 members (excludes halogenated alkanes) is 2. The summed E-state index contributed by atoms with van der Waals surface area (Å²) in [5.41, 5.74) is 7.74. The van der Waals surface area contributed by atoms with Crippen LogP contribution < -0.4 is 0 Å². The third-order valence-corrected chi connectivity index (χ3v) is 8.95. The Morgan fingerprint density at radius 3 is 1.11 bits per heavy atom. The molecule has 2 rings (SSSR count). The van der Waals surface area contributed by atoms with Gasteiger partial charge in [0, 0.05) is 6.61 Å². The van der Waals surface area contributed by atoms with Crippen LogP contribution in [0.3, 0.4) is 0 Å². The predicted octanol–water partition coefficient (Wildman–Crippen LogP) is 14.6. The third kappa shape index (κ3) is 21.9. The average Bonchev–Trinajstić information content (AvgIpc) is 2.83.